The zero-order valence-corrected chi connectivity index (χ0v) is 44.9. The molecule has 2 fully saturated rings. The van der Waals surface area contributed by atoms with Gasteiger partial charge in [0.25, 0.3) is 32.1 Å². The Hall–Kier alpha value is -8.04. The van der Waals surface area contributed by atoms with Gasteiger partial charge in [0.1, 0.15) is 9.79 Å². The number of aromatic nitrogens is 6. The van der Waals surface area contributed by atoms with Crippen molar-refractivity contribution in [2.45, 2.75) is 9.79 Å². The van der Waals surface area contributed by atoms with Gasteiger partial charge in [-0.1, -0.05) is 24.3 Å². The quantitative estimate of drug-likeness (QED) is 0.0300. The minimum absolute atomic E-state index is 0.00750. The average Bonchev–Trinajstić information content (AvgIpc) is 3.49. The predicted molar refractivity (Wildman–Crippen MR) is 301 cm³/mol. The number of carbonyl (C=O) groups is 2. The normalized spacial score (nSPS) is 14.5. The molecular formula is C50H62N18O10S2. The number of hydrogen-bond acceptors (Lipinski definition) is 24. The van der Waals surface area contributed by atoms with E-state index in [4.69, 9.17) is 21.7 Å². The van der Waals surface area contributed by atoms with E-state index in [-0.39, 0.29) is 84.4 Å². The van der Waals surface area contributed by atoms with Crippen LogP contribution in [0.5, 0.6) is 0 Å². The summed E-state index contributed by atoms with van der Waals surface area (Å²) < 4.78 is 72.9. The summed E-state index contributed by atoms with van der Waals surface area (Å²) in [6.07, 6.45) is 2.52. The number of aliphatic hydroxyl groups excluding tert-OH is 2. The molecule has 2 saturated heterocycles. The van der Waals surface area contributed by atoms with Gasteiger partial charge in [-0.2, -0.15) is 46.7 Å². The molecular weight excluding hydrogens is 1080 g/mol. The minimum atomic E-state index is -4.94. The third kappa shape index (κ3) is 15.8. The number of aliphatic hydroxyl groups is 2. The van der Waals surface area contributed by atoms with Crippen LogP contribution in [0, 0.1) is 0 Å². The minimum Gasteiger partial charge on any atom is -0.395 e. The molecule has 80 heavy (non-hydrogen) atoms. The highest BCUT2D eigenvalue weighted by Gasteiger charge is 2.24. The standard InChI is InChI=1S/C50H62N18O10S2/c51-15-19-65-21-25-67(26-22-65)49-61-45(55-37-9-5-35(6-10-37)43(71)53-17-29-69)59-47(63-49)57-39-13-3-33(41(31-39)79(73,74)75)1-2-34-4-14-40(32-42(34)80(76,77)78)58-48-60-46(56-38-11-7-36(8-12-38)44(72)54-18-30-70)62-50(64-48)68-27-23-66(20-16-52)24-28-68/h1-14,31-32,69-70H,15-30,51-52H2,(H,53,71)(H,54,72)(H,73,74,75)(H,76,77,78)(H2,55,57,59,61,63)(H2,56,58,60,62,64)/b2-1+. The van der Waals surface area contributed by atoms with E-state index in [1.54, 1.807) is 48.5 Å². The van der Waals surface area contributed by atoms with Crippen LogP contribution in [0.4, 0.5) is 58.4 Å². The van der Waals surface area contributed by atoms with Crippen LogP contribution in [-0.4, -0.2) is 193 Å². The van der Waals surface area contributed by atoms with Crippen molar-refractivity contribution >= 4 is 103 Å². The molecule has 424 valence electrons. The van der Waals surface area contributed by atoms with Crippen LogP contribution in [0.15, 0.2) is 94.7 Å². The van der Waals surface area contributed by atoms with Gasteiger partial charge in [-0.25, -0.2) is 0 Å². The largest absolute Gasteiger partial charge is 0.395 e. The van der Waals surface area contributed by atoms with E-state index < -0.39 is 30.0 Å². The Morgan fingerprint density at radius 2 is 0.812 bits per heavy atom. The lowest BCUT2D eigenvalue weighted by Gasteiger charge is -2.34. The van der Waals surface area contributed by atoms with E-state index in [1.165, 1.54) is 36.4 Å². The maximum atomic E-state index is 13.0. The van der Waals surface area contributed by atoms with Gasteiger partial charge < -0.3 is 63.4 Å². The van der Waals surface area contributed by atoms with Crippen molar-refractivity contribution in [2.75, 3.05) is 136 Å². The Kier molecular flexibility index (Phi) is 19.4. The topological polar surface area (TPSA) is 398 Å². The monoisotopic (exact) mass is 1140 g/mol. The first-order chi connectivity index (χ1) is 38.5. The van der Waals surface area contributed by atoms with Gasteiger partial charge in [0.2, 0.25) is 35.7 Å². The van der Waals surface area contributed by atoms with Crippen molar-refractivity contribution in [1.82, 2.24) is 50.3 Å². The number of carbonyl (C=O) groups excluding carboxylic acids is 2. The van der Waals surface area contributed by atoms with E-state index in [9.17, 15) is 35.5 Å². The number of rotatable bonds is 24. The number of piperazine rings is 2. The molecule has 0 spiro atoms. The van der Waals surface area contributed by atoms with Crippen molar-refractivity contribution < 1.29 is 45.7 Å². The molecule has 4 aromatic carbocycles. The molecule has 0 saturated carbocycles. The average molecular weight is 1140 g/mol. The summed E-state index contributed by atoms with van der Waals surface area (Å²) >= 11 is 0. The molecule has 6 aromatic rings. The van der Waals surface area contributed by atoms with E-state index in [0.29, 0.717) is 99.8 Å². The molecule has 0 atom stereocenters. The Morgan fingerprint density at radius 3 is 1.12 bits per heavy atom. The van der Waals surface area contributed by atoms with E-state index in [1.807, 2.05) is 9.80 Å². The van der Waals surface area contributed by atoms with E-state index >= 15 is 0 Å². The molecule has 0 bridgehead atoms. The Bertz CT molecular complexity index is 3160. The maximum absolute atomic E-state index is 13.0. The number of nitrogens with two attached hydrogens (primary N) is 2. The smallest absolute Gasteiger partial charge is 0.295 e. The first-order valence-electron chi connectivity index (χ1n) is 25.3. The summed E-state index contributed by atoms with van der Waals surface area (Å²) in [6.45, 7) is 7.28. The predicted octanol–water partition coefficient (Wildman–Crippen LogP) is 1.30. The molecule has 4 heterocycles. The van der Waals surface area contributed by atoms with Crippen molar-refractivity contribution in [2.24, 2.45) is 11.5 Å². The molecule has 2 aliphatic rings. The van der Waals surface area contributed by atoms with Crippen molar-refractivity contribution in [3.8, 4) is 0 Å². The molecule has 2 amide bonds. The van der Waals surface area contributed by atoms with Crippen molar-refractivity contribution in [3.63, 3.8) is 0 Å². The number of nitrogens with one attached hydrogen (secondary N) is 6. The van der Waals surface area contributed by atoms with Crippen LogP contribution in [-0.2, 0) is 20.2 Å². The third-order valence-electron chi connectivity index (χ3n) is 12.6. The number of benzene rings is 4. The Balaban J connectivity index is 1.04. The van der Waals surface area contributed by atoms with Gasteiger partial charge in [-0.3, -0.25) is 28.5 Å². The van der Waals surface area contributed by atoms with Gasteiger partial charge in [0.15, 0.2) is 0 Å². The second-order valence-electron chi connectivity index (χ2n) is 18.2. The highest BCUT2D eigenvalue weighted by Crippen LogP contribution is 2.30. The molecule has 0 radical (unpaired) electrons. The zero-order chi connectivity index (χ0) is 56.8. The Labute approximate surface area is 461 Å². The summed E-state index contributed by atoms with van der Waals surface area (Å²) in [5.74, 6) is 0.117. The highest BCUT2D eigenvalue weighted by atomic mass is 32.2. The number of anilines is 10. The zero-order valence-electron chi connectivity index (χ0n) is 43.2. The van der Waals surface area contributed by atoms with Gasteiger partial charge in [0.05, 0.1) is 13.2 Å². The molecule has 0 unspecified atom stereocenters. The van der Waals surface area contributed by atoms with Gasteiger partial charge in [-0.15, -0.1) is 0 Å². The van der Waals surface area contributed by atoms with Gasteiger partial charge in [0, 0.05) is 126 Å². The van der Waals surface area contributed by atoms with Crippen molar-refractivity contribution in [3.05, 3.63) is 107 Å². The molecule has 2 aliphatic heterocycles. The molecule has 14 N–H and O–H groups in total. The van der Waals surface area contributed by atoms with Crippen LogP contribution in [0.1, 0.15) is 31.8 Å². The van der Waals surface area contributed by atoms with Crippen LogP contribution in [0.2, 0.25) is 0 Å². The molecule has 30 heteroatoms. The van der Waals surface area contributed by atoms with Gasteiger partial charge >= 0.3 is 0 Å². The number of hydrogen-bond donors (Lipinski definition) is 12. The van der Waals surface area contributed by atoms with Crippen LogP contribution >= 0.6 is 0 Å². The van der Waals surface area contributed by atoms with E-state index in [2.05, 4.69) is 71.6 Å². The fraction of sp³-hybridized carbons (Fsp3) is 0.320. The fourth-order valence-corrected chi connectivity index (χ4v) is 9.96. The molecule has 8 rings (SSSR count). The van der Waals surface area contributed by atoms with Gasteiger partial charge in [-0.05, 0) is 83.9 Å². The van der Waals surface area contributed by atoms with Crippen LogP contribution < -0.4 is 53.2 Å². The number of amides is 2. The summed E-state index contributed by atoms with van der Waals surface area (Å²) in [6, 6.07) is 21.0. The highest BCUT2D eigenvalue weighted by molar-refractivity contribution is 7.86. The van der Waals surface area contributed by atoms with Crippen LogP contribution in [0.25, 0.3) is 12.2 Å². The third-order valence-corrected chi connectivity index (χ3v) is 14.4. The lowest BCUT2D eigenvalue weighted by molar-refractivity contribution is 0.0937. The van der Waals surface area contributed by atoms with Crippen LogP contribution in [0.3, 0.4) is 0 Å². The second-order valence-corrected chi connectivity index (χ2v) is 21.0. The summed E-state index contributed by atoms with van der Waals surface area (Å²) in [5, 5.41) is 35.6. The lowest BCUT2D eigenvalue weighted by Crippen LogP contribution is -2.48. The Morgan fingerprint density at radius 1 is 0.487 bits per heavy atom. The van der Waals surface area contributed by atoms with Crippen molar-refractivity contribution in [1.29, 1.82) is 0 Å². The molecule has 0 aliphatic carbocycles. The second kappa shape index (κ2) is 26.7. The summed E-state index contributed by atoms with van der Waals surface area (Å²) in [7, 11) is -9.87. The molecule has 2 aromatic heterocycles. The molecule has 28 nitrogen and oxygen atoms in total. The summed E-state index contributed by atoms with van der Waals surface area (Å²) in [5.41, 5.74) is 13.5. The van der Waals surface area contributed by atoms with E-state index in [0.717, 1.165) is 25.2 Å². The number of nitrogens with zero attached hydrogens (tertiary/aromatic N) is 10. The first kappa shape index (κ1) is 58.1. The lowest BCUT2D eigenvalue weighted by atomic mass is 10.1. The maximum Gasteiger partial charge on any atom is 0.295 e. The fourth-order valence-electron chi connectivity index (χ4n) is 8.54. The SMILES string of the molecule is NCCN1CCN(c2nc(Nc3ccc(C(=O)NCCO)cc3)nc(Nc3ccc(/C=C/c4ccc(Nc5nc(Nc6ccc(C(=O)NCCO)cc6)nc(N6CCN(CCN)CC6)n5)cc4S(=O)(=O)O)c(S(=O)(=O)O)c3)n2)CC1. The first-order valence-corrected chi connectivity index (χ1v) is 28.2. The summed E-state index contributed by atoms with van der Waals surface area (Å²) in [4.78, 5) is 59.7.